The zero-order chi connectivity index (χ0) is 8.81. The third-order valence-electron chi connectivity index (χ3n) is 1.23. The predicted molar refractivity (Wildman–Crippen MR) is 48.0 cm³/mol. The first kappa shape index (κ1) is 8.71. The second kappa shape index (κ2) is 4.49. The molecule has 1 aromatic heterocycles. The Balaban J connectivity index is 2.64. The lowest BCUT2D eigenvalue weighted by atomic mass is 10.3. The van der Waals surface area contributed by atoms with Gasteiger partial charge in [0.15, 0.2) is 0 Å². The van der Waals surface area contributed by atoms with Gasteiger partial charge in [-0.05, 0) is 24.4 Å². The first-order valence-corrected chi connectivity index (χ1v) is 3.74. The van der Waals surface area contributed by atoms with Gasteiger partial charge in [-0.25, -0.2) is 0 Å². The highest BCUT2D eigenvalue weighted by Gasteiger charge is 2.00. The van der Waals surface area contributed by atoms with Crippen LogP contribution in [0.15, 0.2) is 29.4 Å². The van der Waals surface area contributed by atoms with Crippen molar-refractivity contribution in [3.05, 3.63) is 30.1 Å². The normalized spacial score (nSPS) is 8.67. The molecule has 1 amide bonds. The summed E-state index contributed by atoms with van der Waals surface area (Å²) in [5.74, 6) is -0.316. The number of amides is 1. The fourth-order valence-electron chi connectivity index (χ4n) is 0.748. The molecular weight excluding hydrogens is 172 g/mol. The first-order chi connectivity index (χ1) is 5.83. The molecule has 1 rings (SSSR count). The maximum absolute atomic E-state index is 10.9. The largest absolute Gasteiger partial charge is 0.271 e. The number of hydrogen-bond donors (Lipinski definition) is 0. The molecule has 1 heterocycles. The van der Waals surface area contributed by atoms with E-state index in [-0.39, 0.29) is 12.3 Å². The van der Waals surface area contributed by atoms with E-state index >= 15 is 0 Å². The zero-order valence-electron chi connectivity index (χ0n) is 6.23. The molecule has 0 aliphatic rings. The molecule has 60 valence electrons. The Morgan fingerprint density at radius 2 is 2.50 bits per heavy atom. The second-order valence-corrected chi connectivity index (χ2v) is 2.28. The highest BCUT2D eigenvalue weighted by molar-refractivity contribution is 7.78. The van der Waals surface area contributed by atoms with Crippen molar-refractivity contribution in [3.63, 3.8) is 0 Å². The quantitative estimate of drug-likeness (QED) is 0.505. The Kier molecular flexibility index (Phi) is 3.26. The first-order valence-electron chi connectivity index (χ1n) is 3.33. The highest BCUT2D eigenvalue weighted by Crippen LogP contribution is 1.95. The average molecular weight is 178 g/mol. The van der Waals surface area contributed by atoms with Gasteiger partial charge in [0, 0.05) is 11.9 Å². The Labute approximate surface area is 75.2 Å². The number of thiocarbonyl (C=S) groups is 1. The van der Waals surface area contributed by atoms with Crippen molar-refractivity contribution in [2.45, 2.75) is 6.42 Å². The Morgan fingerprint density at radius 1 is 1.67 bits per heavy atom. The minimum Gasteiger partial charge on any atom is -0.271 e. The standard InChI is InChI=1S/C8H6N2OS/c11-8(10-6-12)5-7-3-1-2-4-9-7/h1-4H,5H2. The van der Waals surface area contributed by atoms with Gasteiger partial charge in [-0.2, -0.15) is 4.99 Å². The van der Waals surface area contributed by atoms with E-state index in [9.17, 15) is 4.79 Å². The topological polar surface area (TPSA) is 42.3 Å². The number of pyridine rings is 1. The van der Waals surface area contributed by atoms with Crippen LogP contribution in [0.1, 0.15) is 5.69 Å². The summed E-state index contributed by atoms with van der Waals surface area (Å²) in [7, 11) is 0. The number of aromatic nitrogens is 1. The molecule has 0 aliphatic heterocycles. The lowest BCUT2D eigenvalue weighted by Crippen LogP contribution is -1.99. The maximum Gasteiger partial charge on any atom is 0.260 e. The van der Waals surface area contributed by atoms with Gasteiger partial charge in [-0.1, -0.05) is 6.07 Å². The van der Waals surface area contributed by atoms with Crippen molar-refractivity contribution in [2.75, 3.05) is 0 Å². The second-order valence-electron chi connectivity index (χ2n) is 2.09. The van der Waals surface area contributed by atoms with Crippen molar-refractivity contribution < 1.29 is 4.79 Å². The van der Waals surface area contributed by atoms with Crippen LogP contribution in [-0.2, 0) is 11.2 Å². The van der Waals surface area contributed by atoms with Crippen molar-refractivity contribution in [3.8, 4) is 0 Å². The van der Waals surface area contributed by atoms with Crippen LogP contribution in [0.2, 0.25) is 0 Å². The molecule has 12 heavy (non-hydrogen) atoms. The van der Waals surface area contributed by atoms with Gasteiger partial charge in [-0.15, -0.1) is 0 Å². The molecule has 0 spiro atoms. The van der Waals surface area contributed by atoms with E-state index in [1.165, 1.54) is 0 Å². The van der Waals surface area contributed by atoms with E-state index in [0.29, 0.717) is 5.69 Å². The molecule has 0 aromatic carbocycles. The molecule has 0 unspecified atom stereocenters. The van der Waals surface area contributed by atoms with Crippen molar-refractivity contribution in [2.24, 2.45) is 4.99 Å². The smallest absolute Gasteiger partial charge is 0.260 e. The van der Waals surface area contributed by atoms with Crippen LogP contribution in [0.5, 0.6) is 0 Å². The molecule has 0 atom stereocenters. The van der Waals surface area contributed by atoms with E-state index in [0.717, 1.165) is 0 Å². The lowest BCUT2D eigenvalue weighted by molar-refractivity contribution is -0.117. The van der Waals surface area contributed by atoms with Crippen LogP contribution in [0.4, 0.5) is 0 Å². The minimum absolute atomic E-state index is 0.185. The van der Waals surface area contributed by atoms with Gasteiger partial charge in [-0.3, -0.25) is 9.78 Å². The third kappa shape index (κ3) is 2.70. The van der Waals surface area contributed by atoms with E-state index < -0.39 is 0 Å². The number of carbonyl (C=O) groups is 1. The van der Waals surface area contributed by atoms with Crippen LogP contribution in [0.25, 0.3) is 0 Å². The van der Waals surface area contributed by atoms with E-state index in [4.69, 9.17) is 0 Å². The third-order valence-corrected chi connectivity index (χ3v) is 1.32. The number of rotatable bonds is 2. The average Bonchev–Trinajstić information content (AvgIpc) is 2.06. The molecule has 0 N–H and O–H groups in total. The van der Waals surface area contributed by atoms with Gasteiger partial charge in [0.05, 0.1) is 11.6 Å². The number of isothiocyanates is 1. The summed E-state index contributed by atoms with van der Waals surface area (Å²) in [4.78, 5) is 18.1. The van der Waals surface area contributed by atoms with Gasteiger partial charge in [0.1, 0.15) is 0 Å². The van der Waals surface area contributed by atoms with E-state index in [1.54, 1.807) is 18.3 Å². The van der Waals surface area contributed by atoms with Crippen molar-refractivity contribution in [1.29, 1.82) is 0 Å². The summed E-state index contributed by atoms with van der Waals surface area (Å²) in [6, 6.07) is 5.37. The van der Waals surface area contributed by atoms with Crippen LogP contribution >= 0.6 is 12.2 Å². The summed E-state index contributed by atoms with van der Waals surface area (Å²) in [6.45, 7) is 0. The fraction of sp³-hybridized carbons (Fsp3) is 0.125. The number of carbonyl (C=O) groups excluding carboxylic acids is 1. The molecular formula is C8H6N2OS. The molecule has 0 radical (unpaired) electrons. The van der Waals surface area contributed by atoms with Crippen LogP contribution in [0, 0.1) is 0 Å². The van der Waals surface area contributed by atoms with Crippen LogP contribution in [-0.4, -0.2) is 16.1 Å². The van der Waals surface area contributed by atoms with Gasteiger partial charge >= 0.3 is 0 Å². The molecule has 0 saturated heterocycles. The summed E-state index contributed by atoms with van der Waals surface area (Å²) in [5, 5.41) is 2.02. The molecule has 0 bridgehead atoms. The van der Waals surface area contributed by atoms with Crippen molar-refractivity contribution >= 4 is 23.3 Å². The number of aliphatic imine (C=N–C) groups is 1. The molecule has 0 saturated carbocycles. The number of hydrogen-bond acceptors (Lipinski definition) is 3. The minimum atomic E-state index is -0.316. The summed E-state index contributed by atoms with van der Waals surface area (Å²) < 4.78 is 0. The Morgan fingerprint density at radius 3 is 3.08 bits per heavy atom. The SMILES string of the molecule is O=C(Cc1ccccn1)N=C=S. The molecule has 4 heteroatoms. The van der Waals surface area contributed by atoms with E-state index in [1.807, 2.05) is 11.2 Å². The number of nitrogens with zero attached hydrogens (tertiary/aromatic N) is 2. The van der Waals surface area contributed by atoms with Gasteiger partial charge in [0.25, 0.3) is 5.91 Å². The molecule has 0 aliphatic carbocycles. The summed E-state index contributed by atoms with van der Waals surface area (Å²) in [5.41, 5.74) is 0.691. The molecule has 3 nitrogen and oxygen atoms in total. The predicted octanol–water partition coefficient (Wildman–Crippen LogP) is 1.25. The van der Waals surface area contributed by atoms with Crippen LogP contribution in [0.3, 0.4) is 0 Å². The van der Waals surface area contributed by atoms with Gasteiger partial charge < -0.3 is 0 Å². The fourth-order valence-corrected chi connectivity index (χ4v) is 0.850. The summed E-state index contributed by atoms with van der Waals surface area (Å²) >= 11 is 4.29. The maximum atomic E-state index is 10.9. The monoisotopic (exact) mass is 178 g/mol. The van der Waals surface area contributed by atoms with Crippen LogP contribution < -0.4 is 0 Å². The zero-order valence-corrected chi connectivity index (χ0v) is 7.04. The van der Waals surface area contributed by atoms with Gasteiger partial charge in [0.2, 0.25) is 0 Å². The molecule has 0 fully saturated rings. The van der Waals surface area contributed by atoms with E-state index in [2.05, 4.69) is 22.2 Å². The highest BCUT2D eigenvalue weighted by atomic mass is 32.1. The Bertz CT molecular complexity index is 317. The summed E-state index contributed by atoms with van der Waals surface area (Å²) in [6.07, 6.45) is 1.81. The lowest BCUT2D eigenvalue weighted by Gasteiger charge is -1.92. The van der Waals surface area contributed by atoms with Crippen molar-refractivity contribution in [1.82, 2.24) is 4.98 Å². The molecule has 1 aromatic rings. The Hall–Kier alpha value is -1.38.